The van der Waals surface area contributed by atoms with Gasteiger partial charge in [-0.15, -0.1) is 0 Å². The maximum absolute atomic E-state index is 15.3. The first-order valence-corrected chi connectivity index (χ1v) is 11.3. The zero-order chi connectivity index (χ0) is 25.8. The number of fused-ring (bicyclic) bond motifs is 2. The van der Waals surface area contributed by atoms with Gasteiger partial charge in [-0.2, -0.15) is 4.73 Å². The SMILES string of the molecule is CN=C/C(=C\N)c1cc(O[C@H](C)CN(C)C)c2c(=Nc3ccc4ncccc4c3F)ncn(O)c2c1. The number of likely N-dealkylation sites (N-methyl/N-ethyl adjacent to an activating group) is 1. The summed E-state index contributed by atoms with van der Waals surface area (Å²) >= 11 is 0. The van der Waals surface area contributed by atoms with Gasteiger partial charge in [0.1, 0.15) is 23.9 Å². The number of ether oxygens (including phenoxy) is 1. The number of halogens is 1. The predicted octanol–water partition coefficient (Wildman–Crippen LogP) is 3.52. The molecule has 0 spiro atoms. The van der Waals surface area contributed by atoms with Crippen LogP contribution in [0.4, 0.5) is 10.1 Å². The summed E-state index contributed by atoms with van der Waals surface area (Å²) in [5, 5.41) is 11.4. The average molecular weight is 490 g/mol. The molecule has 10 heteroatoms. The number of rotatable bonds is 7. The first kappa shape index (κ1) is 24.8. The fourth-order valence-electron chi connectivity index (χ4n) is 4.01. The van der Waals surface area contributed by atoms with Gasteiger partial charge >= 0.3 is 0 Å². The van der Waals surface area contributed by atoms with Crippen LogP contribution in [0, 0.1) is 5.82 Å². The largest absolute Gasteiger partial charge is 0.489 e. The number of allylic oxidation sites excluding steroid dienone is 1. The molecule has 0 saturated carbocycles. The van der Waals surface area contributed by atoms with Crippen molar-refractivity contribution in [3.8, 4) is 5.75 Å². The Balaban J connectivity index is 2.01. The number of hydrogen-bond acceptors (Lipinski definition) is 8. The first-order chi connectivity index (χ1) is 17.3. The molecule has 2 heterocycles. The molecule has 186 valence electrons. The maximum Gasteiger partial charge on any atom is 0.167 e. The Hall–Kier alpha value is -4.31. The van der Waals surface area contributed by atoms with Crippen molar-refractivity contribution >= 4 is 39.3 Å². The van der Waals surface area contributed by atoms with Gasteiger partial charge in [-0.3, -0.25) is 9.98 Å². The summed E-state index contributed by atoms with van der Waals surface area (Å²) in [5.74, 6) is -0.0953. The van der Waals surface area contributed by atoms with Crippen LogP contribution in [0.5, 0.6) is 5.75 Å². The molecular weight excluding hydrogens is 461 g/mol. The van der Waals surface area contributed by atoms with Crippen LogP contribution in [0.15, 0.2) is 65.1 Å². The molecule has 3 N–H and O–H groups in total. The van der Waals surface area contributed by atoms with E-state index < -0.39 is 5.82 Å². The zero-order valence-corrected chi connectivity index (χ0v) is 20.6. The van der Waals surface area contributed by atoms with E-state index in [4.69, 9.17) is 10.5 Å². The fourth-order valence-corrected chi connectivity index (χ4v) is 4.01. The lowest BCUT2D eigenvalue weighted by atomic mass is 10.0. The molecule has 0 saturated heterocycles. The first-order valence-electron chi connectivity index (χ1n) is 11.3. The van der Waals surface area contributed by atoms with E-state index in [0.717, 1.165) is 4.73 Å². The molecule has 0 bridgehead atoms. The van der Waals surface area contributed by atoms with Crippen LogP contribution in [0.25, 0.3) is 27.4 Å². The zero-order valence-electron chi connectivity index (χ0n) is 20.6. The molecule has 1 atom stereocenters. The Labute approximate surface area is 207 Å². The lowest BCUT2D eigenvalue weighted by Gasteiger charge is -2.21. The van der Waals surface area contributed by atoms with Gasteiger partial charge in [0.25, 0.3) is 0 Å². The highest BCUT2D eigenvalue weighted by Crippen LogP contribution is 2.30. The van der Waals surface area contributed by atoms with Crippen molar-refractivity contribution < 1.29 is 14.3 Å². The van der Waals surface area contributed by atoms with E-state index in [1.54, 1.807) is 55.9 Å². The van der Waals surface area contributed by atoms with Crippen molar-refractivity contribution in [3.05, 3.63) is 72.0 Å². The predicted molar refractivity (Wildman–Crippen MR) is 139 cm³/mol. The van der Waals surface area contributed by atoms with Gasteiger partial charge in [0.15, 0.2) is 11.3 Å². The minimum Gasteiger partial charge on any atom is -0.489 e. The molecule has 0 aliphatic carbocycles. The highest BCUT2D eigenvalue weighted by molar-refractivity contribution is 6.11. The lowest BCUT2D eigenvalue weighted by Crippen LogP contribution is -2.28. The van der Waals surface area contributed by atoms with Gasteiger partial charge in [-0.1, -0.05) is 0 Å². The van der Waals surface area contributed by atoms with Crippen LogP contribution in [0.1, 0.15) is 12.5 Å². The molecule has 0 aliphatic heterocycles. The summed E-state index contributed by atoms with van der Waals surface area (Å²) in [7, 11) is 5.54. The minimum atomic E-state index is -0.510. The number of benzene rings is 2. The Morgan fingerprint density at radius 2 is 2.08 bits per heavy atom. The van der Waals surface area contributed by atoms with Crippen LogP contribution < -0.4 is 16.0 Å². The van der Waals surface area contributed by atoms with Crippen LogP contribution in [0.3, 0.4) is 0 Å². The summed E-state index contributed by atoms with van der Waals surface area (Å²) in [6.07, 6.45) is 5.63. The van der Waals surface area contributed by atoms with Crippen LogP contribution in [0.2, 0.25) is 0 Å². The molecule has 0 aliphatic rings. The van der Waals surface area contributed by atoms with Gasteiger partial charge in [-0.25, -0.2) is 14.4 Å². The Kier molecular flexibility index (Phi) is 7.25. The van der Waals surface area contributed by atoms with E-state index in [9.17, 15) is 5.21 Å². The quantitative estimate of drug-likeness (QED) is 0.303. The van der Waals surface area contributed by atoms with Gasteiger partial charge in [0, 0.05) is 43.2 Å². The minimum absolute atomic E-state index is 0.0945. The highest BCUT2D eigenvalue weighted by Gasteiger charge is 2.17. The highest BCUT2D eigenvalue weighted by atomic mass is 19.1. The van der Waals surface area contributed by atoms with Crippen molar-refractivity contribution in [1.29, 1.82) is 0 Å². The molecular formula is C26H28FN7O2. The van der Waals surface area contributed by atoms with Gasteiger partial charge in [0.2, 0.25) is 0 Å². The molecule has 36 heavy (non-hydrogen) atoms. The van der Waals surface area contributed by atoms with E-state index in [0.29, 0.717) is 45.2 Å². The molecule has 2 aromatic carbocycles. The van der Waals surface area contributed by atoms with E-state index >= 15 is 4.39 Å². The smallest absolute Gasteiger partial charge is 0.167 e. The standard InChI is InChI=1S/C26H28FN7O2/c1-16(14-33(3)4)36-23-11-17(18(12-28)13-29-2)10-22-24(23)26(31-15-34(22)35)32-21-8-7-20-19(25(21)27)6-5-9-30-20/h5-13,15-16,35H,14,28H2,1-4H3/b18-12+,29-13?,32-26?/t16-/m1/s1. The van der Waals surface area contributed by atoms with Gasteiger partial charge < -0.3 is 20.6 Å². The van der Waals surface area contributed by atoms with Crippen molar-refractivity contribution in [2.75, 3.05) is 27.7 Å². The van der Waals surface area contributed by atoms with E-state index in [-0.39, 0.29) is 17.3 Å². The lowest BCUT2D eigenvalue weighted by molar-refractivity contribution is 0.177. The van der Waals surface area contributed by atoms with Crippen molar-refractivity contribution in [1.82, 2.24) is 19.6 Å². The van der Waals surface area contributed by atoms with Crippen LogP contribution >= 0.6 is 0 Å². The molecule has 4 rings (SSSR count). The number of pyridine rings is 1. The normalized spacial score (nSPS) is 13.8. The summed E-state index contributed by atoms with van der Waals surface area (Å²) in [4.78, 5) is 19.1. The van der Waals surface area contributed by atoms with Crippen molar-refractivity contribution in [2.24, 2.45) is 15.7 Å². The fraction of sp³-hybridized carbons (Fsp3) is 0.231. The Morgan fingerprint density at radius 3 is 2.81 bits per heavy atom. The second-order valence-corrected chi connectivity index (χ2v) is 8.56. The third-order valence-corrected chi connectivity index (χ3v) is 5.50. The second kappa shape index (κ2) is 10.5. The average Bonchev–Trinajstić information content (AvgIpc) is 2.85. The van der Waals surface area contributed by atoms with E-state index in [2.05, 4.69) is 20.0 Å². The summed E-state index contributed by atoms with van der Waals surface area (Å²) in [6.45, 7) is 2.57. The maximum atomic E-state index is 15.3. The molecule has 0 radical (unpaired) electrons. The molecule has 0 fully saturated rings. The number of aromatic nitrogens is 3. The third kappa shape index (κ3) is 5.03. The van der Waals surface area contributed by atoms with E-state index in [1.165, 1.54) is 12.5 Å². The number of nitrogens with two attached hydrogens (primary N) is 1. The molecule has 4 aromatic rings. The Bertz CT molecular complexity index is 1540. The number of hydrogen-bond donors (Lipinski definition) is 2. The van der Waals surface area contributed by atoms with Gasteiger partial charge in [0.05, 0.1) is 16.4 Å². The summed E-state index contributed by atoms with van der Waals surface area (Å²) in [6, 6.07) is 10.1. The van der Waals surface area contributed by atoms with Crippen molar-refractivity contribution in [2.45, 2.75) is 13.0 Å². The van der Waals surface area contributed by atoms with Crippen molar-refractivity contribution in [3.63, 3.8) is 0 Å². The molecule has 9 nitrogen and oxygen atoms in total. The molecule has 0 unspecified atom stereocenters. The molecule has 0 amide bonds. The number of aliphatic imine (C=N–C) groups is 1. The third-order valence-electron chi connectivity index (χ3n) is 5.50. The van der Waals surface area contributed by atoms with E-state index in [1.807, 2.05) is 25.9 Å². The molecule has 2 aromatic heterocycles. The van der Waals surface area contributed by atoms with Crippen LogP contribution in [-0.4, -0.2) is 64.8 Å². The topological polar surface area (TPSA) is 114 Å². The monoisotopic (exact) mass is 489 g/mol. The summed E-state index contributed by atoms with van der Waals surface area (Å²) in [5.41, 5.74) is 8.32. The Morgan fingerprint density at radius 1 is 1.28 bits per heavy atom. The number of nitrogens with zero attached hydrogens (tertiary/aromatic N) is 6. The van der Waals surface area contributed by atoms with Crippen LogP contribution in [-0.2, 0) is 0 Å². The summed E-state index contributed by atoms with van der Waals surface area (Å²) < 4.78 is 22.5. The van der Waals surface area contributed by atoms with Gasteiger partial charge in [-0.05, 0) is 63.0 Å². The second-order valence-electron chi connectivity index (χ2n) is 8.56.